The molecule has 2 unspecified atom stereocenters. The van der Waals surface area contributed by atoms with Gasteiger partial charge >= 0.3 is 59.1 Å². The monoisotopic (exact) mass is 360 g/mol. The van der Waals surface area contributed by atoms with E-state index < -0.39 is 19.0 Å². The number of rotatable bonds is 2. The maximum atomic E-state index is 10.1. The van der Waals surface area contributed by atoms with Gasteiger partial charge < -0.3 is 50.6 Å². The van der Waals surface area contributed by atoms with Crippen LogP contribution in [0.3, 0.4) is 0 Å². The summed E-state index contributed by atoms with van der Waals surface area (Å²) in [7, 11) is -11.1. The third-order valence-corrected chi connectivity index (χ3v) is 6.12. The zero-order chi connectivity index (χ0) is 9.50. The first kappa shape index (κ1) is 42.7. The smallest absolute Gasteiger partial charge is 0.776 e. The van der Waals surface area contributed by atoms with Crippen molar-refractivity contribution in [3.8, 4) is 0 Å². The van der Waals surface area contributed by atoms with Crippen LogP contribution in [0.2, 0.25) is 0 Å². The first-order valence-corrected chi connectivity index (χ1v) is 5.87. The molecule has 10 nitrogen and oxygen atoms in total. The second-order valence-electron chi connectivity index (χ2n) is 1.55. The van der Waals surface area contributed by atoms with Crippen LogP contribution in [0, 0.1) is 0 Å². The standard InChI is InChI=1S/CH4Cl2O6P2.2Na.4H2O/c2-1(3,10(4,5)6)11(7,8)9;;;;;;/h(H2,4,5,6)(H2,7,8,9);;;4*1H2/q;2*+1;;;;/p-2. The fourth-order valence-electron chi connectivity index (χ4n) is 0.160. The van der Waals surface area contributed by atoms with Crippen molar-refractivity contribution < 1.29 is 110 Å². The van der Waals surface area contributed by atoms with Crippen LogP contribution in [-0.2, 0) is 9.13 Å². The second kappa shape index (κ2) is 13.7. The largest absolute Gasteiger partial charge is 1.00 e. The number of hydrogen-bond donors (Lipinski definition) is 2. The molecule has 2 atom stereocenters. The molecule has 0 spiro atoms. The maximum absolute atomic E-state index is 10.1. The van der Waals surface area contributed by atoms with E-state index in [1.165, 1.54) is 0 Å². The van der Waals surface area contributed by atoms with Gasteiger partial charge in [-0.3, -0.25) is 0 Å². The minimum Gasteiger partial charge on any atom is -0.776 e. The number of halogens is 2. The Morgan fingerprint density at radius 1 is 0.824 bits per heavy atom. The van der Waals surface area contributed by atoms with Crippen LogP contribution in [-0.4, -0.2) is 35.5 Å². The summed E-state index contributed by atoms with van der Waals surface area (Å²) in [5.41, 5.74) is 0. The molecular formula is CH10Cl2Na2O10P2. The molecule has 0 heterocycles. The summed E-state index contributed by atoms with van der Waals surface area (Å²) < 4.78 is 16.6. The fraction of sp³-hybridized carbons (Fsp3) is 1.00. The Bertz CT molecular complexity index is 223. The SMILES string of the molecule is O.O.O.O.O=P([O-])(O)C(Cl)(Cl)P(=O)([O-])O.[Na+].[Na+]. The normalized spacial score (nSPS) is 15.4. The van der Waals surface area contributed by atoms with Crippen molar-refractivity contribution in [3.05, 3.63) is 0 Å². The van der Waals surface area contributed by atoms with Gasteiger partial charge in [0.2, 0.25) is 3.82 Å². The third-order valence-electron chi connectivity index (χ3n) is 0.680. The molecule has 0 aromatic carbocycles. The van der Waals surface area contributed by atoms with E-state index >= 15 is 0 Å². The summed E-state index contributed by atoms with van der Waals surface area (Å²) in [5, 5.41) is 0. The Balaban J connectivity index is -0.0000000333. The first-order chi connectivity index (χ1) is 4.50. The second-order valence-corrected chi connectivity index (χ2v) is 7.71. The number of hydrogen-bond acceptors (Lipinski definition) is 4. The van der Waals surface area contributed by atoms with E-state index in [0.717, 1.165) is 0 Å². The van der Waals surface area contributed by atoms with Crippen molar-refractivity contribution in [3.63, 3.8) is 0 Å². The van der Waals surface area contributed by atoms with Crippen molar-refractivity contribution in [1.82, 2.24) is 0 Å². The molecule has 0 aliphatic rings. The first-order valence-electron chi connectivity index (χ1n) is 1.96. The van der Waals surface area contributed by atoms with Crippen LogP contribution in [0.5, 0.6) is 0 Å². The summed E-state index contributed by atoms with van der Waals surface area (Å²) >= 11 is 9.21. The zero-order valence-electron chi connectivity index (χ0n) is 8.68. The Morgan fingerprint density at radius 2 is 0.941 bits per heavy atom. The van der Waals surface area contributed by atoms with Crippen LogP contribution in [0.4, 0.5) is 0 Å². The summed E-state index contributed by atoms with van der Waals surface area (Å²) in [6.07, 6.45) is 0. The van der Waals surface area contributed by atoms with E-state index in [-0.39, 0.29) is 81.0 Å². The summed E-state index contributed by atoms with van der Waals surface area (Å²) in [5.74, 6) is 0. The van der Waals surface area contributed by atoms with Crippen molar-refractivity contribution in [1.29, 1.82) is 0 Å². The molecule has 0 bridgehead atoms. The summed E-state index contributed by atoms with van der Waals surface area (Å²) in [6.45, 7) is 0. The van der Waals surface area contributed by atoms with Gasteiger partial charge in [0.25, 0.3) is 0 Å². The van der Waals surface area contributed by atoms with Crippen LogP contribution in [0.15, 0.2) is 0 Å². The van der Waals surface area contributed by atoms with Gasteiger partial charge in [-0.1, -0.05) is 23.2 Å². The fourth-order valence-corrected chi connectivity index (χ4v) is 1.44. The van der Waals surface area contributed by atoms with E-state index in [4.69, 9.17) is 9.79 Å². The molecule has 16 heteroatoms. The van der Waals surface area contributed by atoms with E-state index in [1.807, 2.05) is 0 Å². The quantitative estimate of drug-likeness (QED) is 0.274. The maximum Gasteiger partial charge on any atom is 1.00 e. The summed E-state index contributed by atoms with van der Waals surface area (Å²) in [4.78, 5) is 36.3. The molecule has 0 radical (unpaired) electrons. The summed E-state index contributed by atoms with van der Waals surface area (Å²) in [6, 6.07) is 0. The minimum atomic E-state index is -5.53. The van der Waals surface area contributed by atoms with E-state index in [0.29, 0.717) is 0 Å². The topological polar surface area (TPSA) is 247 Å². The van der Waals surface area contributed by atoms with Gasteiger partial charge in [0.1, 0.15) is 0 Å². The van der Waals surface area contributed by atoms with Gasteiger partial charge in [-0.15, -0.1) is 0 Å². The predicted octanol–water partition coefficient (Wildman–Crippen LogP) is -10.1. The van der Waals surface area contributed by atoms with E-state index in [9.17, 15) is 18.9 Å². The molecule has 0 aromatic rings. The van der Waals surface area contributed by atoms with Crippen LogP contribution in [0.25, 0.3) is 0 Å². The third kappa shape index (κ3) is 12.2. The Labute approximate surface area is 150 Å². The molecule has 0 saturated heterocycles. The van der Waals surface area contributed by atoms with Crippen molar-refractivity contribution in [2.24, 2.45) is 0 Å². The average molecular weight is 361 g/mol. The van der Waals surface area contributed by atoms with Crippen LogP contribution in [0.1, 0.15) is 0 Å². The molecule has 17 heavy (non-hydrogen) atoms. The van der Waals surface area contributed by atoms with Gasteiger partial charge in [0.05, 0.1) is 0 Å². The van der Waals surface area contributed by atoms with Gasteiger partial charge in [-0.2, -0.15) is 0 Å². The minimum absolute atomic E-state index is 0. The zero-order valence-corrected chi connectivity index (χ0v) is 16.0. The molecule has 0 amide bonds. The van der Waals surface area contributed by atoms with E-state index in [1.54, 1.807) is 0 Å². The van der Waals surface area contributed by atoms with Crippen molar-refractivity contribution >= 4 is 38.4 Å². The molecule has 0 aromatic heterocycles. The molecule has 0 rings (SSSR count). The molecular weight excluding hydrogens is 351 g/mol. The van der Waals surface area contributed by atoms with Crippen molar-refractivity contribution in [2.45, 2.75) is 3.82 Å². The van der Waals surface area contributed by atoms with Gasteiger partial charge in [0, 0.05) is 0 Å². The van der Waals surface area contributed by atoms with Crippen LogP contribution >= 0.6 is 38.4 Å². The van der Waals surface area contributed by atoms with Gasteiger partial charge in [0.15, 0.2) is 15.2 Å². The average Bonchev–Trinajstić information content (AvgIpc) is 1.58. The van der Waals surface area contributed by atoms with Crippen LogP contribution < -0.4 is 68.9 Å². The van der Waals surface area contributed by atoms with Gasteiger partial charge in [-0.05, 0) is 0 Å². The predicted molar refractivity (Wildman–Crippen MR) is 48.5 cm³/mol. The Morgan fingerprint density at radius 3 is 0.941 bits per heavy atom. The molecule has 0 fully saturated rings. The van der Waals surface area contributed by atoms with Crippen molar-refractivity contribution in [2.75, 3.05) is 0 Å². The molecule has 100 valence electrons. The molecule has 10 N–H and O–H groups in total. The van der Waals surface area contributed by atoms with Gasteiger partial charge in [-0.25, -0.2) is 0 Å². The Hall–Kier alpha value is 2.72. The van der Waals surface area contributed by atoms with E-state index in [2.05, 4.69) is 23.2 Å². The number of alkyl halides is 2. The molecule has 0 saturated carbocycles. The molecule has 0 aliphatic carbocycles. The molecule has 0 aliphatic heterocycles. The Kier molecular flexibility index (Phi) is 34.4.